The second kappa shape index (κ2) is 11.0. The van der Waals surface area contributed by atoms with E-state index in [4.69, 9.17) is 10.5 Å². The molecule has 3 aliphatic carbocycles. The van der Waals surface area contributed by atoms with Crippen LogP contribution in [0.1, 0.15) is 67.8 Å². The van der Waals surface area contributed by atoms with Gasteiger partial charge >= 0.3 is 0 Å². The van der Waals surface area contributed by atoms with Gasteiger partial charge < -0.3 is 25.8 Å². The summed E-state index contributed by atoms with van der Waals surface area (Å²) in [7, 11) is 0. The normalized spacial score (nSPS) is 35.2. The zero-order valence-electron chi connectivity index (χ0n) is 23.4. The number of aromatic nitrogens is 1. The van der Waals surface area contributed by atoms with Gasteiger partial charge in [0.2, 0.25) is 0 Å². The van der Waals surface area contributed by atoms with E-state index in [0.717, 1.165) is 88.6 Å². The van der Waals surface area contributed by atoms with Crippen molar-refractivity contribution in [3.63, 3.8) is 0 Å². The molecule has 3 atom stereocenters. The molecule has 1 aromatic heterocycles. The van der Waals surface area contributed by atoms with Gasteiger partial charge in [-0.15, -0.1) is 0 Å². The van der Waals surface area contributed by atoms with Gasteiger partial charge in [-0.25, -0.2) is 4.98 Å². The topological polar surface area (TPSA) is 104 Å². The van der Waals surface area contributed by atoms with E-state index in [2.05, 4.69) is 45.3 Å². The summed E-state index contributed by atoms with van der Waals surface area (Å²) in [5.74, 6) is 0.866. The first kappa shape index (κ1) is 26.9. The van der Waals surface area contributed by atoms with Gasteiger partial charge in [0.15, 0.2) is 0 Å². The number of amides is 1. The molecule has 1 unspecified atom stereocenters. The number of nitrogens with zero attached hydrogens (tertiary/aromatic N) is 3. The Morgan fingerprint density at radius 1 is 1.18 bits per heavy atom. The zero-order chi connectivity index (χ0) is 27.0. The number of aliphatic hydroxyl groups excluding tert-OH is 1. The van der Waals surface area contributed by atoms with Crippen LogP contribution in [0.4, 0.5) is 5.82 Å². The Balaban J connectivity index is 1.10. The number of carbonyl (C=O) groups excluding carboxylic acids is 1. The average Bonchev–Trinajstić information content (AvgIpc) is 3.20. The molecule has 2 saturated heterocycles. The summed E-state index contributed by atoms with van der Waals surface area (Å²) >= 11 is 0. The number of fused-ring (bicyclic) bond motifs is 1. The summed E-state index contributed by atoms with van der Waals surface area (Å²) < 4.78 is 5.52. The summed E-state index contributed by atoms with van der Waals surface area (Å²) in [6.45, 7) is 11.0. The fraction of sp³-hybridized carbons (Fsp3) is 0.677. The van der Waals surface area contributed by atoms with Crippen LogP contribution in [0.3, 0.4) is 0 Å². The molecular formula is C31H45N5O3. The summed E-state index contributed by atoms with van der Waals surface area (Å²) in [6.07, 6.45) is 15.3. The zero-order valence-corrected chi connectivity index (χ0v) is 23.4. The molecule has 212 valence electrons. The van der Waals surface area contributed by atoms with Gasteiger partial charge in [-0.2, -0.15) is 0 Å². The molecule has 0 spiro atoms. The molecule has 8 nitrogen and oxygen atoms in total. The number of morpholine rings is 1. The van der Waals surface area contributed by atoms with Crippen LogP contribution in [0, 0.1) is 16.7 Å². The van der Waals surface area contributed by atoms with Crippen molar-refractivity contribution in [2.45, 2.75) is 64.0 Å². The highest BCUT2D eigenvalue weighted by molar-refractivity contribution is 5.99. The van der Waals surface area contributed by atoms with E-state index in [1.165, 1.54) is 25.9 Å². The maximum absolute atomic E-state index is 13.1. The second-order valence-corrected chi connectivity index (χ2v) is 12.8. The summed E-state index contributed by atoms with van der Waals surface area (Å²) in [4.78, 5) is 22.7. The molecule has 39 heavy (non-hydrogen) atoms. The fourth-order valence-electron chi connectivity index (χ4n) is 7.77. The number of hydrogen-bond donors (Lipinski definition) is 3. The number of nitrogen functional groups attached to an aromatic ring is 1. The third-order valence-corrected chi connectivity index (χ3v) is 10.6. The van der Waals surface area contributed by atoms with Crippen LogP contribution >= 0.6 is 0 Å². The van der Waals surface area contributed by atoms with Crippen molar-refractivity contribution in [3.8, 4) is 0 Å². The van der Waals surface area contributed by atoms with Gasteiger partial charge in [-0.3, -0.25) is 9.69 Å². The van der Waals surface area contributed by atoms with Crippen molar-refractivity contribution < 1.29 is 14.6 Å². The molecule has 5 aliphatic rings. The second-order valence-electron chi connectivity index (χ2n) is 12.8. The number of carbonyl (C=O) groups is 1. The number of aliphatic hydroxyl groups is 1. The van der Waals surface area contributed by atoms with Gasteiger partial charge in [0.25, 0.3) is 5.91 Å². The lowest BCUT2D eigenvalue weighted by Crippen LogP contribution is -2.51. The van der Waals surface area contributed by atoms with Crippen molar-refractivity contribution >= 4 is 17.3 Å². The van der Waals surface area contributed by atoms with E-state index < -0.39 is 0 Å². The van der Waals surface area contributed by atoms with Crippen molar-refractivity contribution in [1.82, 2.24) is 20.1 Å². The Labute approximate surface area is 232 Å². The van der Waals surface area contributed by atoms with Crippen LogP contribution in [0.15, 0.2) is 30.5 Å². The molecule has 1 aromatic rings. The van der Waals surface area contributed by atoms with Crippen LogP contribution in [0.5, 0.6) is 0 Å². The molecule has 8 heteroatoms. The molecule has 0 bridgehead atoms. The van der Waals surface area contributed by atoms with E-state index in [9.17, 15) is 9.90 Å². The van der Waals surface area contributed by atoms with Crippen molar-refractivity contribution in [3.05, 3.63) is 41.6 Å². The average molecular weight is 536 g/mol. The van der Waals surface area contributed by atoms with Crippen LogP contribution in [0.2, 0.25) is 0 Å². The Kier molecular flexibility index (Phi) is 7.57. The summed E-state index contributed by atoms with van der Waals surface area (Å²) in [6, 6.07) is 1.97. The van der Waals surface area contributed by atoms with Crippen molar-refractivity contribution in [2.24, 2.45) is 16.7 Å². The van der Waals surface area contributed by atoms with Gasteiger partial charge in [-0.1, -0.05) is 25.2 Å². The van der Waals surface area contributed by atoms with Crippen LogP contribution in [-0.2, 0) is 4.74 Å². The van der Waals surface area contributed by atoms with E-state index in [0.29, 0.717) is 11.0 Å². The molecule has 3 heterocycles. The number of anilines is 1. The highest BCUT2D eigenvalue weighted by Gasteiger charge is 2.60. The summed E-state index contributed by atoms with van der Waals surface area (Å²) in [5.41, 5.74) is 9.12. The Morgan fingerprint density at radius 2 is 1.95 bits per heavy atom. The molecule has 2 aliphatic heterocycles. The SMILES string of the molecule is CC1([C@@]23CC[C@@H]2CN(CCN2CCOCC2)C3)C=CC(c2cnc(N)c(C(=O)NC3CCC(O)CC3)c2)=CC1. The maximum atomic E-state index is 13.1. The van der Waals surface area contributed by atoms with E-state index in [1.54, 1.807) is 6.20 Å². The lowest BCUT2D eigenvalue weighted by molar-refractivity contribution is -0.0265. The van der Waals surface area contributed by atoms with E-state index in [-0.39, 0.29) is 29.3 Å². The Morgan fingerprint density at radius 3 is 2.64 bits per heavy atom. The molecule has 6 rings (SSSR count). The van der Waals surface area contributed by atoms with Crippen molar-refractivity contribution in [2.75, 3.05) is 58.2 Å². The standard InChI is InChI=1S/C31H45N5O3/c1-30(31-11-8-24(31)20-36(21-31)13-12-35-14-16-39-17-15-35)9-6-22(7-10-30)23-18-27(28(32)33-19-23)29(38)34-25-2-4-26(37)5-3-25/h6-7,9,18-19,24-26,37H,2-5,8,10-17,20-21H2,1H3,(H2,32,33)(H,34,38)/t24-,25?,26?,30?,31-/m1/s1. The third kappa shape index (κ3) is 5.29. The minimum atomic E-state index is -0.249. The molecule has 0 radical (unpaired) electrons. The lowest BCUT2D eigenvalue weighted by Gasteiger charge is -2.56. The smallest absolute Gasteiger partial charge is 0.255 e. The van der Waals surface area contributed by atoms with Crippen LogP contribution in [0.25, 0.3) is 5.57 Å². The number of likely N-dealkylation sites (tertiary alicyclic amines) is 1. The molecular weight excluding hydrogens is 490 g/mol. The van der Waals surface area contributed by atoms with Gasteiger partial charge in [0.1, 0.15) is 5.82 Å². The molecule has 4 N–H and O–H groups in total. The monoisotopic (exact) mass is 535 g/mol. The fourth-order valence-corrected chi connectivity index (χ4v) is 7.77. The first-order valence-corrected chi connectivity index (χ1v) is 15.0. The highest BCUT2D eigenvalue weighted by atomic mass is 16.5. The predicted molar refractivity (Wildman–Crippen MR) is 153 cm³/mol. The number of allylic oxidation sites excluding steroid dienone is 4. The number of ether oxygens (including phenoxy) is 1. The largest absolute Gasteiger partial charge is 0.393 e. The van der Waals surface area contributed by atoms with Gasteiger partial charge in [-0.05, 0) is 73.3 Å². The number of nitrogens with one attached hydrogen (secondary N) is 1. The molecule has 1 amide bonds. The maximum Gasteiger partial charge on any atom is 0.255 e. The minimum absolute atomic E-state index is 0.0768. The number of hydrogen-bond acceptors (Lipinski definition) is 7. The number of nitrogens with two attached hydrogens (primary N) is 1. The third-order valence-electron chi connectivity index (χ3n) is 10.6. The Hall–Kier alpha value is -2.26. The van der Waals surface area contributed by atoms with Crippen molar-refractivity contribution in [1.29, 1.82) is 0 Å². The number of rotatable bonds is 7. The van der Waals surface area contributed by atoms with E-state index >= 15 is 0 Å². The van der Waals surface area contributed by atoms with Crippen LogP contribution < -0.4 is 11.1 Å². The predicted octanol–water partition coefficient (Wildman–Crippen LogP) is 3.09. The van der Waals surface area contributed by atoms with Crippen LogP contribution in [-0.4, -0.2) is 90.4 Å². The first-order chi connectivity index (χ1) is 18.8. The highest BCUT2D eigenvalue weighted by Crippen LogP contribution is 2.64. The summed E-state index contributed by atoms with van der Waals surface area (Å²) in [5, 5.41) is 12.9. The lowest BCUT2D eigenvalue weighted by atomic mass is 9.48. The molecule has 4 fully saturated rings. The first-order valence-electron chi connectivity index (χ1n) is 15.0. The Bertz CT molecular complexity index is 1120. The molecule has 2 saturated carbocycles. The quantitative estimate of drug-likeness (QED) is 0.493. The van der Waals surface area contributed by atoms with Gasteiger partial charge in [0, 0.05) is 57.1 Å². The van der Waals surface area contributed by atoms with E-state index in [1.807, 2.05) is 6.07 Å². The minimum Gasteiger partial charge on any atom is -0.393 e. The van der Waals surface area contributed by atoms with Gasteiger partial charge in [0.05, 0.1) is 24.9 Å². The molecule has 0 aromatic carbocycles. The number of pyridine rings is 1.